The SMILES string of the molecule is Clc1cc(C[NH+]2CCN(c3ccccc3)CC2)cc2c1OCCO2. The number of para-hydroxylation sites is 1. The van der Waals surface area contributed by atoms with Crippen LogP contribution < -0.4 is 19.3 Å². The van der Waals surface area contributed by atoms with Crippen LogP contribution in [0.3, 0.4) is 0 Å². The Hall–Kier alpha value is -1.91. The van der Waals surface area contributed by atoms with E-state index in [9.17, 15) is 0 Å². The Balaban J connectivity index is 1.40. The third-order valence-electron chi connectivity index (χ3n) is 4.70. The Morgan fingerprint density at radius 2 is 1.75 bits per heavy atom. The van der Waals surface area contributed by atoms with Crippen LogP contribution >= 0.6 is 11.6 Å². The van der Waals surface area contributed by atoms with Gasteiger partial charge in [-0.15, -0.1) is 0 Å². The maximum absolute atomic E-state index is 6.35. The number of ether oxygens (including phenoxy) is 2. The largest absolute Gasteiger partial charge is 0.486 e. The highest BCUT2D eigenvalue weighted by Gasteiger charge is 2.22. The quantitative estimate of drug-likeness (QED) is 0.921. The summed E-state index contributed by atoms with van der Waals surface area (Å²) >= 11 is 6.35. The van der Waals surface area contributed by atoms with Crippen LogP contribution in [0.15, 0.2) is 42.5 Å². The van der Waals surface area contributed by atoms with Crippen molar-refractivity contribution in [3.8, 4) is 11.5 Å². The van der Waals surface area contributed by atoms with Crippen molar-refractivity contribution in [2.45, 2.75) is 6.54 Å². The monoisotopic (exact) mass is 345 g/mol. The molecule has 1 saturated heterocycles. The van der Waals surface area contributed by atoms with Gasteiger partial charge < -0.3 is 19.3 Å². The summed E-state index contributed by atoms with van der Waals surface area (Å²) in [6.45, 7) is 6.55. The molecule has 4 rings (SSSR count). The zero-order valence-electron chi connectivity index (χ0n) is 13.6. The molecule has 1 fully saturated rings. The first-order chi connectivity index (χ1) is 11.8. The van der Waals surface area contributed by atoms with Crippen LogP contribution in [0.2, 0.25) is 5.02 Å². The molecule has 0 aliphatic carbocycles. The molecule has 0 radical (unpaired) electrons. The Morgan fingerprint density at radius 1 is 1.00 bits per heavy atom. The summed E-state index contributed by atoms with van der Waals surface area (Å²) in [5.41, 5.74) is 2.53. The van der Waals surface area contributed by atoms with Crippen molar-refractivity contribution in [2.75, 3.05) is 44.3 Å². The van der Waals surface area contributed by atoms with E-state index in [0.717, 1.165) is 38.5 Å². The average molecular weight is 346 g/mol. The molecule has 0 unspecified atom stereocenters. The minimum atomic E-state index is 0.568. The summed E-state index contributed by atoms with van der Waals surface area (Å²) in [6.07, 6.45) is 0. The molecule has 0 aromatic heterocycles. The molecule has 5 heteroatoms. The average Bonchev–Trinajstić information content (AvgIpc) is 2.63. The molecule has 2 aromatic rings. The first kappa shape index (κ1) is 15.6. The maximum Gasteiger partial charge on any atom is 0.179 e. The maximum atomic E-state index is 6.35. The van der Waals surface area contributed by atoms with Gasteiger partial charge in [-0.1, -0.05) is 29.8 Å². The molecule has 2 heterocycles. The highest BCUT2D eigenvalue weighted by Crippen LogP contribution is 2.38. The summed E-state index contributed by atoms with van der Waals surface area (Å²) in [5.74, 6) is 1.47. The third-order valence-corrected chi connectivity index (χ3v) is 4.98. The van der Waals surface area contributed by atoms with E-state index in [4.69, 9.17) is 21.1 Å². The zero-order chi connectivity index (χ0) is 16.4. The smallest absolute Gasteiger partial charge is 0.179 e. The molecule has 24 heavy (non-hydrogen) atoms. The number of anilines is 1. The van der Waals surface area contributed by atoms with Gasteiger partial charge in [0.25, 0.3) is 0 Å². The van der Waals surface area contributed by atoms with Crippen molar-refractivity contribution >= 4 is 17.3 Å². The molecule has 1 N–H and O–H groups in total. The van der Waals surface area contributed by atoms with Gasteiger partial charge in [-0.05, 0) is 24.3 Å². The number of benzene rings is 2. The van der Waals surface area contributed by atoms with Crippen molar-refractivity contribution in [2.24, 2.45) is 0 Å². The van der Waals surface area contributed by atoms with Gasteiger partial charge in [-0.25, -0.2) is 0 Å². The second-order valence-corrected chi connectivity index (χ2v) is 6.76. The number of nitrogens with zero attached hydrogens (tertiary/aromatic N) is 1. The molecule has 2 aliphatic heterocycles. The number of quaternary nitrogens is 1. The van der Waals surface area contributed by atoms with Gasteiger partial charge in [0.05, 0.1) is 31.2 Å². The lowest BCUT2D eigenvalue weighted by molar-refractivity contribution is -0.914. The zero-order valence-corrected chi connectivity index (χ0v) is 14.4. The molecule has 0 bridgehead atoms. The molecule has 2 aromatic carbocycles. The van der Waals surface area contributed by atoms with E-state index in [-0.39, 0.29) is 0 Å². The number of halogens is 1. The van der Waals surface area contributed by atoms with Gasteiger partial charge in [0.1, 0.15) is 19.8 Å². The standard InChI is InChI=1S/C19H21ClN2O2/c20-17-12-15(13-18-19(17)24-11-10-23-18)14-21-6-8-22(9-7-21)16-4-2-1-3-5-16/h1-5,12-13H,6-11,14H2/p+1. The van der Waals surface area contributed by atoms with E-state index in [0.29, 0.717) is 24.0 Å². The predicted octanol–water partition coefficient (Wildman–Crippen LogP) is 2.02. The molecule has 2 aliphatic rings. The highest BCUT2D eigenvalue weighted by atomic mass is 35.5. The Kier molecular flexibility index (Phi) is 4.50. The Bertz CT molecular complexity index is 700. The minimum absolute atomic E-state index is 0.568. The fraction of sp³-hybridized carbons (Fsp3) is 0.368. The number of hydrogen-bond donors (Lipinski definition) is 1. The molecular formula is C19H22ClN2O2+. The van der Waals surface area contributed by atoms with Crippen LogP contribution in [0.4, 0.5) is 5.69 Å². The Morgan fingerprint density at radius 3 is 2.54 bits per heavy atom. The van der Waals surface area contributed by atoms with Gasteiger partial charge in [0, 0.05) is 11.3 Å². The van der Waals surface area contributed by atoms with Crippen LogP contribution in [0.5, 0.6) is 11.5 Å². The number of rotatable bonds is 3. The van der Waals surface area contributed by atoms with Gasteiger partial charge in [0.2, 0.25) is 0 Å². The number of hydrogen-bond acceptors (Lipinski definition) is 3. The van der Waals surface area contributed by atoms with E-state index in [1.165, 1.54) is 11.3 Å². The van der Waals surface area contributed by atoms with Crippen LogP contribution in [-0.4, -0.2) is 39.4 Å². The minimum Gasteiger partial charge on any atom is -0.486 e. The first-order valence-electron chi connectivity index (χ1n) is 8.51. The van der Waals surface area contributed by atoms with E-state index in [2.05, 4.69) is 41.3 Å². The molecular weight excluding hydrogens is 324 g/mol. The van der Waals surface area contributed by atoms with Crippen LogP contribution in [-0.2, 0) is 6.54 Å². The molecule has 0 spiro atoms. The second-order valence-electron chi connectivity index (χ2n) is 6.35. The summed E-state index contributed by atoms with van der Waals surface area (Å²) < 4.78 is 11.3. The van der Waals surface area contributed by atoms with Gasteiger partial charge in [-0.3, -0.25) is 0 Å². The highest BCUT2D eigenvalue weighted by molar-refractivity contribution is 6.32. The van der Waals surface area contributed by atoms with Gasteiger partial charge >= 0.3 is 0 Å². The molecule has 0 atom stereocenters. The van der Waals surface area contributed by atoms with Gasteiger partial charge in [-0.2, -0.15) is 0 Å². The van der Waals surface area contributed by atoms with Crippen molar-refractivity contribution in [1.29, 1.82) is 0 Å². The lowest BCUT2D eigenvalue weighted by Gasteiger charge is -2.33. The lowest BCUT2D eigenvalue weighted by atomic mass is 10.1. The summed E-state index contributed by atoms with van der Waals surface area (Å²) in [6, 6.07) is 14.7. The van der Waals surface area contributed by atoms with E-state index < -0.39 is 0 Å². The Labute approximate surface area is 147 Å². The molecule has 0 amide bonds. The van der Waals surface area contributed by atoms with Gasteiger partial charge in [0.15, 0.2) is 11.5 Å². The van der Waals surface area contributed by atoms with Crippen molar-refractivity contribution in [1.82, 2.24) is 0 Å². The second kappa shape index (κ2) is 6.91. The van der Waals surface area contributed by atoms with E-state index in [1.54, 1.807) is 4.90 Å². The van der Waals surface area contributed by atoms with Crippen molar-refractivity contribution < 1.29 is 14.4 Å². The molecule has 0 saturated carbocycles. The topological polar surface area (TPSA) is 26.1 Å². The van der Waals surface area contributed by atoms with E-state index >= 15 is 0 Å². The number of fused-ring (bicyclic) bond motifs is 1. The summed E-state index contributed by atoms with van der Waals surface area (Å²) in [5, 5.41) is 0.657. The molecule has 4 nitrogen and oxygen atoms in total. The van der Waals surface area contributed by atoms with Crippen LogP contribution in [0.25, 0.3) is 0 Å². The summed E-state index contributed by atoms with van der Waals surface area (Å²) in [4.78, 5) is 4.04. The predicted molar refractivity (Wildman–Crippen MR) is 95.5 cm³/mol. The van der Waals surface area contributed by atoms with Crippen molar-refractivity contribution in [3.05, 3.63) is 53.1 Å². The van der Waals surface area contributed by atoms with E-state index in [1.807, 2.05) is 6.07 Å². The lowest BCUT2D eigenvalue weighted by Crippen LogP contribution is -3.13. The fourth-order valence-electron chi connectivity index (χ4n) is 3.45. The van der Waals surface area contributed by atoms with Crippen molar-refractivity contribution in [3.63, 3.8) is 0 Å². The molecule has 126 valence electrons. The normalized spacial score (nSPS) is 17.8. The van der Waals surface area contributed by atoms with Crippen LogP contribution in [0, 0.1) is 0 Å². The fourth-order valence-corrected chi connectivity index (χ4v) is 3.74. The first-order valence-corrected chi connectivity index (χ1v) is 8.89. The number of nitrogens with one attached hydrogen (secondary N) is 1. The third kappa shape index (κ3) is 3.30. The van der Waals surface area contributed by atoms with Crippen LogP contribution in [0.1, 0.15) is 5.56 Å². The number of piperazine rings is 1. The summed E-state index contributed by atoms with van der Waals surface area (Å²) in [7, 11) is 0.